The minimum Gasteiger partial charge on any atom is -0.480 e. The van der Waals surface area contributed by atoms with Crippen molar-refractivity contribution >= 4 is 53.2 Å². The highest BCUT2D eigenvalue weighted by molar-refractivity contribution is 7.80. The van der Waals surface area contributed by atoms with E-state index >= 15 is 0 Å². The summed E-state index contributed by atoms with van der Waals surface area (Å²) in [7, 11) is 0. The third-order valence-corrected chi connectivity index (χ3v) is 6.45. The molecule has 0 fully saturated rings. The van der Waals surface area contributed by atoms with Gasteiger partial charge in [-0.2, -0.15) is 12.6 Å². The van der Waals surface area contributed by atoms with Crippen molar-refractivity contribution in [1.29, 1.82) is 0 Å². The molecular formula is C25H38N8O5S. The van der Waals surface area contributed by atoms with E-state index in [1.165, 1.54) is 0 Å². The molecule has 0 bridgehead atoms. The van der Waals surface area contributed by atoms with Gasteiger partial charge in [0.05, 0.1) is 6.04 Å². The lowest BCUT2D eigenvalue weighted by atomic mass is 10.0. The molecule has 13 nitrogen and oxygen atoms in total. The number of aliphatic imine (C=N–C) groups is 1. The molecule has 1 aromatic carbocycles. The van der Waals surface area contributed by atoms with Crippen LogP contribution in [0.25, 0.3) is 10.9 Å². The van der Waals surface area contributed by atoms with Crippen LogP contribution >= 0.6 is 12.6 Å². The number of aliphatic carboxylic acids is 1. The molecule has 214 valence electrons. The summed E-state index contributed by atoms with van der Waals surface area (Å²) in [6.07, 6.45) is 2.50. The van der Waals surface area contributed by atoms with Crippen LogP contribution in [0.3, 0.4) is 0 Å². The van der Waals surface area contributed by atoms with Gasteiger partial charge in [-0.3, -0.25) is 19.4 Å². The Bertz CT molecular complexity index is 1180. The van der Waals surface area contributed by atoms with E-state index in [4.69, 9.17) is 17.2 Å². The van der Waals surface area contributed by atoms with Crippen molar-refractivity contribution < 1.29 is 24.3 Å². The number of nitrogens with one attached hydrogen (secondary N) is 4. The molecule has 0 aliphatic heterocycles. The summed E-state index contributed by atoms with van der Waals surface area (Å²) < 4.78 is 0. The Balaban J connectivity index is 2.02. The predicted molar refractivity (Wildman–Crippen MR) is 152 cm³/mol. The van der Waals surface area contributed by atoms with Crippen LogP contribution in [0.4, 0.5) is 0 Å². The number of carboxylic acids is 1. The lowest BCUT2D eigenvalue weighted by molar-refractivity contribution is -0.142. The topological polar surface area (TPSA) is 231 Å². The van der Waals surface area contributed by atoms with Crippen molar-refractivity contribution in [2.75, 3.05) is 12.3 Å². The van der Waals surface area contributed by atoms with Crippen molar-refractivity contribution in [2.45, 2.75) is 57.3 Å². The van der Waals surface area contributed by atoms with E-state index in [1.807, 2.05) is 24.3 Å². The molecular weight excluding hydrogens is 524 g/mol. The number of carboxylic acid groups (broad SMARTS) is 1. The Morgan fingerprint density at radius 3 is 2.31 bits per heavy atom. The quantitative estimate of drug-likeness (QED) is 0.0577. The summed E-state index contributed by atoms with van der Waals surface area (Å²) in [6.45, 7) is 3.73. The number of carbonyl (C=O) groups is 4. The summed E-state index contributed by atoms with van der Waals surface area (Å²) >= 11 is 4.15. The number of amides is 3. The summed E-state index contributed by atoms with van der Waals surface area (Å²) in [4.78, 5) is 57.4. The molecule has 0 saturated heterocycles. The Hall–Kier alpha value is -3.78. The Morgan fingerprint density at radius 1 is 1.03 bits per heavy atom. The number of thiol groups is 1. The van der Waals surface area contributed by atoms with Gasteiger partial charge < -0.3 is 43.2 Å². The van der Waals surface area contributed by atoms with Gasteiger partial charge in [0, 0.05) is 35.8 Å². The zero-order valence-electron chi connectivity index (χ0n) is 22.0. The molecule has 0 aliphatic carbocycles. The van der Waals surface area contributed by atoms with Gasteiger partial charge in [0.25, 0.3) is 0 Å². The molecule has 0 aliphatic rings. The van der Waals surface area contributed by atoms with Crippen LogP contribution in [-0.2, 0) is 25.6 Å². The molecule has 4 atom stereocenters. The van der Waals surface area contributed by atoms with Crippen LogP contribution in [0, 0.1) is 5.92 Å². The first-order valence-electron chi connectivity index (χ1n) is 12.5. The lowest BCUT2D eigenvalue weighted by Gasteiger charge is -2.26. The molecule has 14 heteroatoms. The van der Waals surface area contributed by atoms with Gasteiger partial charge in [0.2, 0.25) is 17.7 Å². The van der Waals surface area contributed by atoms with Crippen molar-refractivity contribution in [2.24, 2.45) is 28.1 Å². The molecule has 39 heavy (non-hydrogen) atoms. The first kappa shape index (κ1) is 31.4. The molecule has 1 heterocycles. The van der Waals surface area contributed by atoms with Crippen LogP contribution in [0.15, 0.2) is 35.5 Å². The third-order valence-electron chi connectivity index (χ3n) is 6.08. The van der Waals surface area contributed by atoms with E-state index in [2.05, 4.69) is 38.6 Å². The van der Waals surface area contributed by atoms with Gasteiger partial charge >= 0.3 is 5.97 Å². The molecule has 4 unspecified atom stereocenters. The highest BCUT2D eigenvalue weighted by Crippen LogP contribution is 2.19. The predicted octanol–water partition coefficient (Wildman–Crippen LogP) is -0.784. The van der Waals surface area contributed by atoms with Gasteiger partial charge in [0.15, 0.2) is 5.96 Å². The number of para-hydroxylation sites is 1. The summed E-state index contributed by atoms with van der Waals surface area (Å²) in [5, 5.41) is 18.3. The van der Waals surface area contributed by atoms with Crippen molar-refractivity contribution in [3.63, 3.8) is 0 Å². The summed E-state index contributed by atoms with van der Waals surface area (Å²) in [6, 6.07) is 3.17. The number of aromatic amines is 1. The van der Waals surface area contributed by atoms with Crippen LogP contribution in [0.5, 0.6) is 0 Å². The monoisotopic (exact) mass is 562 g/mol. The minimum atomic E-state index is -1.23. The number of hydrogen-bond acceptors (Lipinski definition) is 7. The average Bonchev–Trinajstić information content (AvgIpc) is 3.29. The van der Waals surface area contributed by atoms with Gasteiger partial charge in [-0.15, -0.1) is 0 Å². The number of fused-ring (bicyclic) bond motifs is 1. The van der Waals surface area contributed by atoms with Crippen LogP contribution in [0.1, 0.15) is 32.3 Å². The van der Waals surface area contributed by atoms with E-state index in [0.717, 1.165) is 16.5 Å². The standard InChI is InChI=1S/C25H38N8O5S/c1-13(2)20(33-22(35)19(12-39)32-21(34)16(26)7-5-9-29-25(27)28)23(36)31-18(24(37)38)10-14-11-30-17-8-4-3-6-15(14)17/h3-4,6,8,11,13,16,18-20,30,39H,5,7,9-10,12,26H2,1-2H3,(H,31,36)(H,32,34)(H,33,35)(H,37,38)(H4,27,28,29). The van der Waals surface area contributed by atoms with Gasteiger partial charge in [-0.1, -0.05) is 32.0 Å². The maximum atomic E-state index is 13.1. The Labute approximate surface area is 232 Å². The first-order chi connectivity index (χ1) is 18.4. The Morgan fingerprint density at radius 2 is 1.69 bits per heavy atom. The number of guanidine groups is 1. The number of hydrogen-bond donors (Lipinski definition) is 9. The fourth-order valence-electron chi connectivity index (χ4n) is 3.89. The van der Waals surface area contributed by atoms with Gasteiger partial charge in [0.1, 0.15) is 18.1 Å². The number of carbonyl (C=O) groups excluding carboxylic acids is 3. The number of rotatable bonds is 15. The van der Waals surface area contributed by atoms with Gasteiger partial charge in [-0.05, 0) is 30.4 Å². The van der Waals surface area contributed by atoms with Crippen molar-refractivity contribution in [3.05, 3.63) is 36.0 Å². The highest BCUT2D eigenvalue weighted by Gasteiger charge is 2.31. The van der Waals surface area contributed by atoms with Crippen LogP contribution in [-0.4, -0.2) is 76.2 Å². The second-order valence-corrected chi connectivity index (χ2v) is 9.86. The zero-order chi connectivity index (χ0) is 29.1. The fourth-order valence-corrected chi connectivity index (χ4v) is 4.15. The second kappa shape index (κ2) is 15.0. The summed E-state index contributed by atoms with van der Waals surface area (Å²) in [5.74, 6) is -3.58. The average molecular weight is 563 g/mol. The number of aromatic nitrogens is 1. The van der Waals surface area contributed by atoms with E-state index in [-0.39, 0.29) is 30.5 Å². The van der Waals surface area contributed by atoms with E-state index < -0.39 is 47.9 Å². The zero-order valence-corrected chi connectivity index (χ0v) is 22.9. The summed E-state index contributed by atoms with van der Waals surface area (Å²) in [5.41, 5.74) is 18.0. The van der Waals surface area contributed by atoms with Crippen LogP contribution in [0.2, 0.25) is 0 Å². The second-order valence-electron chi connectivity index (χ2n) is 9.49. The number of H-pyrrole nitrogens is 1. The maximum absolute atomic E-state index is 13.1. The molecule has 0 radical (unpaired) electrons. The molecule has 11 N–H and O–H groups in total. The molecule has 3 amide bonds. The fraction of sp³-hybridized carbons (Fsp3) is 0.480. The Kier molecular flexibility index (Phi) is 12.1. The van der Waals surface area contributed by atoms with Crippen LogP contribution < -0.4 is 33.2 Å². The van der Waals surface area contributed by atoms with E-state index in [1.54, 1.807) is 20.0 Å². The highest BCUT2D eigenvalue weighted by atomic mass is 32.1. The lowest BCUT2D eigenvalue weighted by Crippen LogP contribution is -2.59. The normalized spacial score (nSPS) is 14.2. The molecule has 2 aromatic rings. The maximum Gasteiger partial charge on any atom is 0.326 e. The minimum absolute atomic E-state index is 0.0419. The number of nitrogens with two attached hydrogens (primary N) is 3. The molecule has 1 aromatic heterocycles. The first-order valence-corrected chi connectivity index (χ1v) is 13.2. The number of benzene rings is 1. The van der Waals surface area contributed by atoms with Gasteiger partial charge in [-0.25, -0.2) is 4.79 Å². The largest absolute Gasteiger partial charge is 0.480 e. The molecule has 2 rings (SSSR count). The molecule has 0 saturated carbocycles. The number of nitrogens with zero attached hydrogens (tertiary/aromatic N) is 1. The van der Waals surface area contributed by atoms with Crippen molar-refractivity contribution in [1.82, 2.24) is 20.9 Å². The smallest absolute Gasteiger partial charge is 0.326 e. The van der Waals surface area contributed by atoms with E-state index in [0.29, 0.717) is 13.0 Å². The SMILES string of the molecule is CC(C)C(NC(=O)C(CS)NC(=O)C(N)CCCN=C(N)N)C(=O)NC(Cc1c[nH]c2ccccc12)C(=O)O. The van der Waals surface area contributed by atoms with Crippen molar-refractivity contribution in [3.8, 4) is 0 Å². The third kappa shape index (κ3) is 9.48. The van der Waals surface area contributed by atoms with E-state index in [9.17, 15) is 24.3 Å². The molecule has 0 spiro atoms.